The van der Waals surface area contributed by atoms with Crippen molar-refractivity contribution in [2.75, 3.05) is 31.1 Å². The number of fused-ring (bicyclic) bond motifs is 1. The highest BCUT2D eigenvalue weighted by Gasteiger charge is 2.14. The number of benzene rings is 1. The zero-order valence-corrected chi connectivity index (χ0v) is 11.6. The molecule has 1 fully saturated rings. The van der Waals surface area contributed by atoms with Crippen LogP contribution >= 0.6 is 12.4 Å². The third kappa shape index (κ3) is 2.80. The van der Waals surface area contributed by atoms with Gasteiger partial charge in [-0.3, -0.25) is 0 Å². The van der Waals surface area contributed by atoms with Crippen LogP contribution in [0.1, 0.15) is 5.56 Å². The molecule has 1 aliphatic heterocycles. The number of pyridine rings is 1. The second-order valence-corrected chi connectivity index (χ2v) is 4.70. The SMILES string of the molecule is Cc1cc2ccc(F)cc2nc1N1CCNCC1.Cl. The zero-order chi connectivity index (χ0) is 12.5. The first kappa shape index (κ1) is 14.0. The summed E-state index contributed by atoms with van der Waals surface area (Å²) in [6.07, 6.45) is 0. The molecule has 0 unspecified atom stereocenters. The normalized spacial score (nSPS) is 15.4. The monoisotopic (exact) mass is 281 g/mol. The van der Waals surface area contributed by atoms with Crippen LogP contribution < -0.4 is 10.2 Å². The van der Waals surface area contributed by atoms with Crippen molar-refractivity contribution in [1.29, 1.82) is 0 Å². The van der Waals surface area contributed by atoms with E-state index in [0.29, 0.717) is 0 Å². The van der Waals surface area contributed by atoms with Gasteiger partial charge in [-0.1, -0.05) is 0 Å². The summed E-state index contributed by atoms with van der Waals surface area (Å²) in [5.74, 6) is 0.750. The molecule has 1 saturated heterocycles. The van der Waals surface area contributed by atoms with Crippen molar-refractivity contribution < 1.29 is 4.39 Å². The molecule has 0 spiro atoms. The molecule has 19 heavy (non-hydrogen) atoms. The van der Waals surface area contributed by atoms with Crippen molar-refractivity contribution in [2.24, 2.45) is 0 Å². The number of nitrogens with zero attached hydrogens (tertiary/aromatic N) is 2. The maximum Gasteiger partial charge on any atom is 0.132 e. The van der Waals surface area contributed by atoms with Gasteiger partial charge in [0.05, 0.1) is 5.52 Å². The highest BCUT2D eigenvalue weighted by Crippen LogP contribution is 2.23. The van der Waals surface area contributed by atoms with E-state index in [4.69, 9.17) is 0 Å². The zero-order valence-electron chi connectivity index (χ0n) is 10.8. The third-order valence-electron chi connectivity index (χ3n) is 3.36. The first-order chi connectivity index (χ1) is 8.74. The number of nitrogens with one attached hydrogen (secondary N) is 1. The van der Waals surface area contributed by atoms with Crippen molar-refractivity contribution in [3.63, 3.8) is 0 Å². The van der Waals surface area contributed by atoms with E-state index in [-0.39, 0.29) is 18.2 Å². The van der Waals surface area contributed by atoms with Gasteiger partial charge in [-0.2, -0.15) is 0 Å². The highest BCUT2D eigenvalue weighted by molar-refractivity contribution is 5.85. The minimum absolute atomic E-state index is 0. The molecular formula is C14H17ClFN3. The van der Waals surface area contributed by atoms with Crippen molar-refractivity contribution in [1.82, 2.24) is 10.3 Å². The Labute approximate surface area is 118 Å². The predicted molar refractivity (Wildman–Crippen MR) is 78.8 cm³/mol. The van der Waals surface area contributed by atoms with Gasteiger partial charge in [0.25, 0.3) is 0 Å². The molecule has 102 valence electrons. The van der Waals surface area contributed by atoms with Gasteiger partial charge in [0.1, 0.15) is 11.6 Å². The fraction of sp³-hybridized carbons (Fsp3) is 0.357. The number of aromatic nitrogens is 1. The Balaban J connectivity index is 0.00000133. The predicted octanol–water partition coefficient (Wildman–Crippen LogP) is 2.51. The number of aryl methyl sites for hydroxylation is 1. The fourth-order valence-corrected chi connectivity index (χ4v) is 2.43. The molecule has 1 aliphatic rings. The van der Waals surface area contributed by atoms with E-state index in [1.165, 1.54) is 12.1 Å². The first-order valence-corrected chi connectivity index (χ1v) is 6.26. The van der Waals surface area contributed by atoms with Crippen LogP contribution in [0, 0.1) is 12.7 Å². The molecule has 2 aromatic rings. The Morgan fingerprint density at radius 2 is 1.95 bits per heavy atom. The molecule has 0 bridgehead atoms. The van der Waals surface area contributed by atoms with Gasteiger partial charge in [-0.15, -0.1) is 12.4 Å². The number of hydrogen-bond donors (Lipinski definition) is 1. The first-order valence-electron chi connectivity index (χ1n) is 6.26. The summed E-state index contributed by atoms with van der Waals surface area (Å²) in [7, 11) is 0. The molecule has 1 N–H and O–H groups in total. The summed E-state index contributed by atoms with van der Waals surface area (Å²) in [5.41, 5.74) is 1.88. The van der Waals surface area contributed by atoms with Gasteiger partial charge in [0.2, 0.25) is 0 Å². The van der Waals surface area contributed by atoms with Crippen LogP contribution in [0.5, 0.6) is 0 Å². The number of hydrogen-bond acceptors (Lipinski definition) is 3. The molecule has 0 saturated carbocycles. The highest BCUT2D eigenvalue weighted by atomic mass is 35.5. The van der Waals surface area contributed by atoms with Crippen LogP contribution in [-0.2, 0) is 0 Å². The average molecular weight is 282 g/mol. The number of rotatable bonds is 1. The molecule has 0 radical (unpaired) electrons. The van der Waals surface area contributed by atoms with Crippen LogP contribution in [0.4, 0.5) is 10.2 Å². The molecule has 5 heteroatoms. The largest absolute Gasteiger partial charge is 0.354 e. The van der Waals surface area contributed by atoms with E-state index in [2.05, 4.69) is 28.2 Å². The summed E-state index contributed by atoms with van der Waals surface area (Å²) < 4.78 is 13.2. The molecule has 2 heterocycles. The van der Waals surface area contributed by atoms with Gasteiger partial charge in [0.15, 0.2) is 0 Å². The maximum atomic E-state index is 13.2. The molecule has 1 aromatic carbocycles. The number of halogens is 2. The summed E-state index contributed by atoms with van der Waals surface area (Å²) in [4.78, 5) is 6.88. The maximum absolute atomic E-state index is 13.2. The van der Waals surface area contributed by atoms with E-state index in [1.807, 2.05) is 0 Å². The lowest BCUT2D eigenvalue weighted by atomic mass is 10.1. The van der Waals surface area contributed by atoms with E-state index < -0.39 is 0 Å². The van der Waals surface area contributed by atoms with E-state index in [9.17, 15) is 4.39 Å². The van der Waals surface area contributed by atoms with Crippen LogP contribution in [0.3, 0.4) is 0 Å². The molecular weight excluding hydrogens is 265 g/mol. The Bertz CT molecular complexity index is 582. The molecule has 0 amide bonds. The van der Waals surface area contributed by atoms with Crippen LogP contribution in [0.2, 0.25) is 0 Å². The summed E-state index contributed by atoms with van der Waals surface area (Å²) >= 11 is 0. The molecule has 3 nitrogen and oxygen atoms in total. The van der Waals surface area contributed by atoms with Gasteiger partial charge in [0, 0.05) is 37.6 Å². The van der Waals surface area contributed by atoms with Crippen molar-refractivity contribution >= 4 is 29.1 Å². The van der Waals surface area contributed by atoms with Crippen molar-refractivity contribution in [3.05, 3.63) is 35.6 Å². The number of piperazine rings is 1. The van der Waals surface area contributed by atoms with Gasteiger partial charge < -0.3 is 10.2 Å². The molecule has 3 rings (SSSR count). The molecule has 0 aliphatic carbocycles. The van der Waals surface area contributed by atoms with E-state index in [1.54, 1.807) is 6.07 Å². The average Bonchev–Trinajstić information content (AvgIpc) is 2.39. The van der Waals surface area contributed by atoms with Crippen LogP contribution in [-0.4, -0.2) is 31.2 Å². The third-order valence-corrected chi connectivity index (χ3v) is 3.36. The Hall–Kier alpha value is -1.39. The second kappa shape index (κ2) is 5.72. The minimum Gasteiger partial charge on any atom is -0.354 e. The van der Waals surface area contributed by atoms with Crippen LogP contribution in [0.25, 0.3) is 10.9 Å². The van der Waals surface area contributed by atoms with Crippen molar-refractivity contribution in [2.45, 2.75) is 6.92 Å². The summed E-state index contributed by atoms with van der Waals surface area (Å²) in [6.45, 7) is 5.92. The smallest absolute Gasteiger partial charge is 0.132 e. The Morgan fingerprint density at radius 3 is 2.68 bits per heavy atom. The van der Waals surface area contributed by atoms with E-state index >= 15 is 0 Å². The lowest BCUT2D eigenvalue weighted by molar-refractivity contribution is 0.584. The van der Waals surface area contributed by atoms with Crippen LogP contribution in [0.15, 0.2) is 24.3 Å². The Morgan fingerprint density at radius 1 is 1.21 bits per heavy atom. The standard InChI is InChI=1S/C14H16FN3.ClH/c1-10-8-11-2-3-12(15)9-13(11)17-14(10)18-6-4-16-5-7-18;/h2-3,8-9,16H,4-7H2,1H3;1H. The summed E-state index contributed by atoms with van der Waals surface area (Å²) in [6, 6.07) is 6.85. The van der Waals surface area contributed by atoms with Gasteiger partial charge in [-0.25, -0.2) is 9.37 Å². The van der Waals surface area contributed by atoms with Gasteiger partial charge >= 0.3 is 0 Å². The minimum atomic E-state index is -0.231. The van der Waals surface area contributed by atoms with Gasteiger partial charge in [-0.05, 0) is 30.7 Å². The second-order valence-electron chi connectivity index (χ2n) is 4.70. The Kier molecular flexibility index (Phi) is 4.22. The topological polar surface area (TPSA) is 28.2 Å². The summed E-state index contributed by atoms with van der Waals surface area (Å²) in [5, 5.41) is 4.31. The lowest BCUT2D eigenvalue weighted by Gasteiger charge is -2.29. The number of anilines is 1. The lowest BCUT2D eigenvalue weighted by Crippen LogP contribution is -2.44. The quantitative estimate of drug-likeness (QED) is 0.871. The molecule has 1 aromatic heterocycles. The fourth-order valence-electron chi connectivity index (χ4n) is 2.43. The molecule has 0 atom stereocenters. The van der Waals surface area contributed by atoms with E-state index in [0.717, 1.165) is 48.5 Å². The van der Waals surface area contributed by atoms with Crippen molar-refractivity contribution in [3.8, 4) is 0 Å².